The van der Waals surface area contributed by atoms with Gasteiger partial charge in [-0.25, -0.2) is 9.18 Å². The van der Waals surface area contributed by atoms with E-state index in [1.165, 1.54) is 0 Å². The summed E-state index contributed by atoms with van der Waals surface area (Å²) in [5, 5.41) is 13.6. The van der Waals surface area contributed by atoms with Gasteiger partial charge < -0.3 is 10.1 Å². The molecule has 0 atom stereocenters. The number of nitrogens with zero attached hydrogens (tertiary/aromatic N) is 1. The molecule has 7 heteroatoms. The van der Waals surface area contributed by atoms with Gasteiger partial charge in [0.2, 0.25) is 0 Å². The number of nitrogens with one attached hydrogen (secondary N) is 1. The summed E-state index contributed by atoms with van der Waals surface area (Å²) in [7, 11) is 0. The summed E-state index contributed by atoms with van der Waals surface area (Å²) < 4.78 is 18.8. The van der Waals surface area contributed by atoms with Crippen molar-refractivity contribution in [1.82, 2.24) is 0 Å². The van der Waals surface area contributed by atoms with E-state index >= 15 is 0 Å². The lowest BCUT2D eigenvalue weighted by Crippen LogP contribution is -2.13. The quantitative estimate of drug-likeness (QED) is 0.493. The van der Waals surface area contributed by atoms with Crippen molar-refractivity contribution in [3.05, 3.63) is 33.6 Å². The molecule has 2 rings (SSSR count). The number of rotatable bonds is 6. The van der Waals surface area contributed by atoms with Crippen LogP contribution in [0.4, 0.5) is 15.8 Å². The van der Waals surface area contributed by atoms with Gasteiger partial charge in [-0.15, -0.1) is 0 Å². The van der Waals surface area contributed by atoms with Crippen LogP contribution in [-0.2, 0) is 4.74 Å². The van der Waals surface area contributed by atoms with Gasteiger partial charge in [0, 0.05) is 12.6 Å². The predicted octanol–water partition coefficient (Wildman–Crippen LogP) is 2.73. The minimum Gasteiger partial charge on any atom is -0.462 e. The van der Waals surface area contributed by atoms with Crippen molar-refractivity contribution >= 4 is 17.3 Å². The monoisotopic (exact) mass is 282 g/mol. The summed E-state index contributed by atoms with van der Waals surface area (Å²) in [6.45, 7) is 2.27. The van der Waals surface area contributed by atoms with E-state index in [0.717, 1.165) is 25.0 Å². The summed E-state index contributed by atoms with van der Waals surface area (Å²) in [5.41, 5.74) is -0.636. The van der Waals surface area contributed by atoms with Crippen LogP contribution in [0.25, 0.3) is 0 Å². The Morgan fingerprint density at radius 3 is 2.80 bits per heavy atom. The molecule has 1 N–H and O–H groups in total. The molecule has 1 aliphatic carbocycles. The molecule has 0 spiro atoms. The number of benzene rings is 1. The van der Waals surface area contributed by atoms with Crippen molar-refractivity contribution in [3.8, 4) is 0 Å². The van der Waals surface area contributed by atoms with E-state index in [1.807, 2.05) is 0 Å². The van der Waals surface area contributed by atoms with Crippen molar-refractivity contribution in [2.75, 3.05) is 18.5 Å². The molecular weight excluding hydrogens is 267 g/mol. The lowest BCUT2D eigenvalue weighted by molar-refractivity contribution is -0.385. The lowest BCUT2D eigenvalue weighted by Gasteiger charge is -2.12. The summed E-state index contributed by atoms with van der Waals surface area (Å²) in [5.74, 6) is -1.11. The highest BCUT2D eigenvalue weighted by atomic mass is 19.1. The summed E-state index contributed by atoms with van der Waals surface area (Å²) in [6.07, 6.45) is 2.13. The van der Waals surface area contributed by atoms with Gasteiger partial charge in [-0.2, -0.15) is 0 Å². The number of nitro groups is 1. The van der Waals surface area contributed by atoms with Crippen LogP contribution < -0.4 is 5.32 Å². The van der Waals surface area contributed by atoms with Gasteiger partial charge in [0.1, 0.15) is 0 Å². The molecular formula is C13H15FN2O4. The molecule has 0 amide bonds. The van der Waals surface area contributed by atoms with E-state index in [2.05, 4.69) is 5.32 Å². The molecule has 1 aromatic rings. The second kappa shape index (κ2) is 5.85. The summed E-state index contributed by atoms with van der Waals surface area (Å²) >= 11 is 0. The molecule has 6 nitrogen and oxygen atoms in total. The van der Waals surface area contributed by atoms with Gasteiger partial charge in [-0.1, -0.05) is 0 Å². The Bertz CT molecular complexity index is 543. The Balaban J connectivity index is 2.34. The zero-order valence-electron chi connectivity index (χ0n) is 11.0. The summed E-state index contributed by atoms with van der Waals surface area (Å²) in [4.78, 5) is 21.8. The van der Waals surface area contributed by atoms with Crippen LogP contribution in [-0.4, -0.2) is 24.0 Å². The number of hydrogen-bond donors (Lipinski definition) is 1. The van der Waals surface area contributed by atoms with Crippen molar-refractivity contribution in [2.24, 2.45) is 5.92 Å². The van der Waals surface area contributed by atoms with Crippen molar-refractivity contribution in [3.63, 3.8) is 0 Å². The van der Waals surface area contributed by atoms with Gasteiger partial charge in [0.15, 0.2) is 5.82 Å². The zero-order valence-corrected chi connectivity index (χ0v) is 11.0. The van der Waals surface area contributed by atoms with Gasteiger partial charge >= 0.3 is 5.97 Å². The maximum Gasteiger partial charge on any atom is 0.340 e. The van der Waals surface area contributed by atoms with E-state index in [9.17, 15) is 19.3 Å². The largest absolute Gasteiger partial charge is 0.462 e. The van der Waals surface area contributed by atoms with Gasteiger partial charge in [0.05, 0.1) is 28.8 Å². The highest BCUT2D eigenvalue weighted by Gasteiger charge is 2.25. The molecule has 0 aliphatic heterocycles. The van der Waals surface area contributed by atoms with E-state index in [1.54, 1.807) is 6.92 Å². The third-order valence-electron chi connectivity index (χ3n) is 3.05. The van der Waals surface area contributed by atoms with Crippen molar-refractivity contribution < 1.29 is 18.8 Å². The molecule has 20 heavy (non-hydrogen) atoms. The molecule has 1 fully saturated rings. The molecule has 108 valence electrons. The number of non-ortho nitro benzene ring substituents is 1. The number of carbonyl (C=O) groups is 1. The topological polar surface area (TPSA) is 81.5 Å². The van der Waals surface area contributed by atoms with Crippen LogP contribution in [0.2, 0.25) is 0 Å². The lowest BCUT2D eigenvalue weighted by atomic mass is 10.1. The van der Waals surface area contributed by atoms with Crippen LogP contribution in [0.5, 0.6) is 0 Å². The molecule has 1 aliphatic rings. The van der Waals surface area contributed by atoms with Crippen molar-refractivity contribution in [1.29, 1.82) is 0 Å². The highest BCUT2D eigenvalue weighted by Crippen LogP contribution is 2.31. The average molecular weight is 282 g/mol. The fraction of sp³-hybridized carbons (Fsp3) is 0.462. The number of hydrogen-bond acceptors (Lipinski definition) is 5. The molecule has 0 unspecified atom stereocenters. The smallest absolute Gasteiger partial charge is 0.340 e. The Labute approximate surface area is 115 Å². The van der Waals surface area contributed by atoms with E-state index in [-0.39, 0.29) is 17.9 Å². The Morgan fingerprint density at radius 2 is 2.25 bits per heavy atom. The number of halogens is 1. The number of nitro benzene ring substituents is 1. The fourth-order valence-corrected chi connectivity index (χ4v) is 1.82. The van der Waals surface area contributed by atoms with E-state index in [4.69, 9.17) is 4.74 Å². The molecule has 0 bridgehead atoms. The second-order valence-electron chi connectivity index (χ2n) is 4.65. The SMILES string of the molecule is CCOC(=O)c1cc([N+](=O)[O-])cc(F)c1NCC1CC1. The van der Waals surface area contributed by atoms with Crippen LogP contribution in [0.3, 0.4) is 0 Å². The van der Waals surface area contributed by atoms with E-state index in [0.29, 0.717) is 12.5 Å². The average Bonchev–Trinajstić information content (AvgIpc) is 3.20. The number of esters is 1. The molecule has 0 radical (unpaired) electrons. The number of anilines is 1. The molecule has 0 saturated heterocycles. The first-order valence-corrected chi connectivity index (χ1v) is 6.41. The number of ether oxygens (including phenoxy) is 1. The normalized spacial score (nSPS) is 13.9. The molecule has 1 aromatic carbocycles. The van der Waals surface area contributed by atoms with Crippen LogP contribution in [0.15, 0.2) is 12.1 Å². The van der Waals surface area contributed by atoms with Crippen LogP contribution in [0.1, 0.15) is 30.1 Å². The van der Waals surface area contributed by atoms with Gasteiger partial charge in [0.25, 0.3) is 5.69 Å². The molecule has 0 aromatic heterocycles. The Hall–Kier alpha value is -2.18. The Kier molecular flexibility index (Phi) is 4.16. The Morgan fingerprint density at radius 1 is 1.55 bits per heavy atom. The number of carbonyl (C=O) groups excluding carboxylic acids is 1. The minimum absolute atomic E-state index is 0.0269. The van der Waals surface area contributed by atoms with Crippen molar-refractivity contribution in [2.45, 2.75) is 19.8 Å². The maximum absolute atomic E-state index is 14.0. The first-order valence-electron chi connectivity index (χ1n) is 6.41. The van der Waals surface area contributed by atoms with Gasteiger partial charge in [-0.05, 0) is 25.7 Å². The predicted molar refractivity (Wildman–Crippen MR) is 70.2 cm³/mol. The molecule has 0 heterocycles. The second-order valence-corrected chi connectivity index (χ2v) is 4.65. The summed E-state index contributed by atoms with van der Waals surface area (Å²) in [6, 6.07) is 1.84. The first kappa shape index (κ1) is 14.2. The van der Waals surface area contributed by atoms with Crippen LogP contribution >= 0.6 is 0 Å². The molecule has 1 saturated carbocycles. The zero-order chi connectivity index (χ0) is 14.7. The van der Waals surface area contributed by atoms with Gasteiger partial charge in [-0.3, -0.25) is 10.1 Å². The minimum atomic E-state index is -0.817. The van der Waals surface area contributed by atoms with Crippen LogP contribution in [0, 0.1) is 21.8 Å². The third-order valence-corrected chi connectivity index (χ3v) is 3.05. The maximum atomic E-state index is 14.0. The first-order chi connectivity index (χ1) is 9.52. The third kappa shape index (κ3) is 3.23. The standard InChI is InChI=1S/C13H15FN2O4/c1-2-20-13(17)10-5-9(16(18)19)6-11(14)12(10)15-7-8-3-4-8/h5-6,8,15H,2-4,7H2,1H3. The fourth-order valence-electron chi connectivity index (χ4n) is 1.82. The van der Waals surface area contributed by atoms with E-state index < -0.39 is 22.4 Å². The highest BCUT2D eigenvalue weighted by molar-refractivity contribution is 5.96.